The van der Waals surface area contributed by atoms with Gasteiger partial charge in [0.05, 0.1) is 18.9 Å². The number of likely N-dealkylation sites (tertiary alicyclic amines) is 1. The number of amides is 2. The Hall–Kier alpha value is -3.48. The number of ether oxygens (including phenoxy) is 1. The number of benzene rings is 1. The SMILES string of the molecule is CCCN1C(=O)C2CC=C3C(c4ccc(O)cc4OC)C4=C(CC3C2C1=O)C(=O)C(C)=CC4=O. The Labute approximate surface area is 197 Å². The third kappa shape index (κ3) is 3.10. The minimum absolute atomic E-state index is 0.0217. The van der Waals surface area contributed by atoms with Crippen LogP contribution in [0.3, 0.4) is 0 Å². The Bertz CT molecular complexity index is 1240. The minimum Gasteiger partial charge on any atom is -0.508 e. The molecule has 0 spiro atoms. The van der Waals surface area contributed by atoms with Crippen LogP contribution in [0.5, 0.6) is 11.5 Å². The lowest BCUT2D eigenvalue weighted by atomic mass is 9.59. The second-order valence-electron chi connectivity index (χ2n) is 9.48. The molecule has 0 aromatic heterocycles. The lowest BCUT2D eigenvalue weighted by Gasteiger charge is -2.42. The summed E-state index contributed by atoms with van der Waals surface area (Å²) in [5, 5.41) is 10.0. The highest BCUT2D eigenvalue weighted by atomic mass is 16.5. The summed E-state index contributed by atoms with van der Waals surface area (Å²) < 4.78 is 5.55. The second-order valence-corrected chi connectivity index (χ2v) is 9.48. The highest BCUT2D eigenvalue weighted by Crippen LogP contribution is 2.56. The Morgan fingerprint density at radius 3 is 2.59 bits per heavy atom. The van der Waals surface area contributed by atoms with Gasteiger partial charge in [0.25, 0.3) is 0 Å². The predicted molar refractivity (Wildman–Crippen MR) is 123 cm³/mol. The van der Waals surface area contributed by atoms with E-state index in [-0.39, 0.29) is 41.5 Å². The van der Waals surface area contributed by atoms with Crippen LogP contribution in [-0.4, -0.2) is 47.0 Å². The number of fused-ring (bicyclic) bond motifs is 3. The largest absolute Gasteiger partial charge is 0.508 e. The maximum atomic E-state index is 13.4. The average molecular weight is 462 g/mol. The van der Waals surface area contributed by atoms with Gasteiger partial charge < -0.3 is 9.84 Å². The number of carbonyl (C=O) groups is 4. The van der Waals surface area contributed by atoms with Crippen molar-refractivity contribution in [3.05, 3.63) is 58.2 Å². The lowest BCUT2D eigenvalue weighted by Crippen LogP contribution is -2.40. The molecule has 1 aromatic rings. The molecular weight excluding hydrogens is 434 g/mol. The van der Waals surface area contributed by atoms with Crippen LogP contribution in [0.4, 0.5) is 0 Å². The Morgan fingerprint density at radius 2 is 1.88 bits per heavy atom. The number of nitrogens with zero attached hydrogens (tertiary/aromatic N) is 1. The fourth-order valence-corrected chi connectivity index (χ4v) is 6.18. The molecule has 1 N–H and O–H groups in total. The number of imide groups is 1. The van der Waals surface area contributed by atoms with Crippen molar-refractivity contribution >= 4 is 23.4 Å². The summed E-state index contributed by atoms with van der Waals surface area (Å²) in [6.07, 6.45) is 4.71. The van der Waals surface area contributed by atoms with Crippen molar-refractivity contribution < 1.29 is 29.0 Å². The number of allylic oxidation sites excluding steroid dienone is 6. The van der Waals surface area contributed by atoms with Crippen molar-refractivity contribution in [2.45, 2.75) is 39.0 Å². The average Bonchev–Trinajstić information content (AvgIpc) is 3.06. The van der Waals surface area contributed by atoms with Gasteiger partial charge in [0.1, 0.15) is 11.5 Å². The molecule has 1 aliphatic heterocycles. The van der Waals surface area contributed by atoms with Gasteiger partial charge in [0.15, 0.2) is 11.6 Å². The predicted octanol–water partition coefficient (Wildman–Crippen LogP) is 3.24. The summed E-state index contributed by atoms with van der Waals surface area (Å²) >= 11 is 0. The molecule has 4 aliphatic rings. The van der Waals surface area contributed by atoms with Crippen molar-refractivity contribution in [3.63, 3.8) is 0 Å². The van der Waals surface area contributed by atoms with Crippen molar-refractivity contribution in [1.29, 1.82) is 0 Å². The van der Waals surface area contributed by atoms with Gasteiger partial charge in [0.2, 0.25) is 11.8 Å². The van der Waals surface area contributed by atoms with E-state index < -0.39 is 17.8 Å². The Morgan fingerprint density at radius 1 is 1.12 bits per heavy atom. The van der Waals surface area contributed by atoms with E-state index in [1.54, 1.807) is 13.0 Å². The van der Waals surface area contributed by atoms with Gasteiger partial charge in [-0.15, -0.1) is 0 Å². The molecule has 2 amide bonds. The van der Waals surface area contributed by atoms with Crippen LogP contribution in [0.2, 0.25) is 0 Å². The van der Waals surface area contributed by atoms with Crippen LogP contribution >= 0.6 is 0 Å². The van der Waals surface area contributed by atoms with E-state index in [1.807, 2.05) is 13.0 Å². The molecule has 1 fully saturated rings. The molecule has 1 saturated heterocycles. The maximum absolute atomic E-state index is 13.4. The molecule has 7 nitrogen and oxygen atoms in total. The number of hydrogen-bond acceptors (Lipinski definition) is 6. The fourth-order valence-electron chi connectivity index (χ4n) is 6.18. The first kappa shape index (κ1) is 22.3. The van der Waals surface area contributed by atoms with E-state index in [0.717, 1.165) is 5.57 Å². The van der Waals surface area contributed by atoms with Crippen molar-refractivity contribution in [2.75, 3.05) is 13.7 Å². The van der Waals surface area contributed by atoms with Crippen molar-refractivity contribution in [2.24, 2.45) is 17.8 Å². The molecule has 176 valence electrons. The number of methoxy groups -OCH3 is 1. The van der Waals surface area contributed by atoms with Gasteiger partial charge in [-0.3, -0.25) is 24.1 Å². The van der Waals surface area contributed by atoms with Crippen molar-refractivity contribution in [3.8, 4) is 11.5 Å². The number of carbonyl (C=O) groups excluding carboxylic acids is 4. The first-order valence-corrected chi connectivity index (χ1v) is 11.7. The van der Waals surface area contributed by atoms with Gasteiger partial charge >= 0.3 is 0 Å². The van der Waals surface area contributed by atoms with Crippen LogP contribution < -0.4 is 4.74 Å². The Balaban J connectivity index is 1.70. The van der Waals surface area contributed by atoms with Gasteiger partial charge in [-0.1, -0.05) is 24.6 Å². The molecule has 0 saturated carbocycles. The third-order valence-electron chi connectivity index (χ3n) is 7.63. The Kier molecular flexibility index (Phi) is 5.30. The van der Waals surface area contributed by atoms with Gasteiger partial charge in [-0.25, -0.2) is 0 Å². The molecule has 4 atom stereocenters. The highest BCUT2D eigenvalue weighted by Gasteiger charge is 2.56. The zero-order chi connectivity index (χ0) is 24.3. The molecule has 3 aliphatic carbocycles. The lowest BCUT2D eigenvalue weighted by molar-refractivity contribution is -0.140. The standard InChI is InChI=1S/C27H27NO6/c1-4-9-28-26(32)17-8-7-15-18(23(17)27(28)33)12-19-24(20(30)10-13(2)25(19)31)22(15)16-6-5-14(29)11-21(16)34-3/h5-7,10-11,17-18,22-23,29H,4,8-9,12H2,1-3H3. The number of aromatic hydroxyl groups is 1. The smallest absolute Gasteiger partial charge is 0.233 e. The van der Waals surface area contributed by atoms with Gasteiger partial charge in [-0.05, 0) is 44.2 Å². The maximum Gasteiger partial charge on any atom is 0.233 e. The zero-order valence-corrected chi connectivity index (χ0v) is 19.5. The number of phenolic OH excluding ortho intramolecular Hbond substituents is 1. The van der Waals surface area contributed by atoms with E-state index in [2.05, 4.69) is 0 Å². The monoisotopic (exact) mass is 461 g/mol. The molecule has 4 unspecified atom stereocenters. The number of hydrogen-bond donors (Lipinski definition) is 1. The molecule has 7 heteroatoms. The number of Topliss-reactive ketones (excluding diaryl/α,β-unsaturated/α-hetero) is 1. The summed E-state index contributed by atoms with van der Waals surface area (Å²) in [5.74, 6) is -2.27. The zero-order valence-electron chi connectivity index (χ0n) is 19.5. The van der Waals surface area contributed by atoms with E-state index in [1.165, 1.54) is 30.2 Å². The van der Waals surface area contributed by atoms with Crippen LogP contribution in [0, 0.1) is 17.8 Å². The normalized spacial score (nSPS) is 28.4. The number of ketones is 2. The molecule has 0 bridgehead atoms. The highest BCUT2D eigenvalue weighted by molar-refractivity contribution is 6.23. The third-order valence-corrected chi connectivity index (χ3v) is 7.63. The van der Waals surface area contributed by atoms with E-state index in [4.69, 9.17) is 4.74 Å². The summed E-state index contributed by atoms with van der Waals surface area (Å²) in [4.78, 5) is 54.3. The topological polar surface area (TPSA) is 101 Å². The summed E-state index contributed by atoms with van der Waals surface area (Å²) in [5.41, 5.74) is 2.72. The van der Waals surface area contributed by atoms with E-state index in [9.17, 15) is 24.3 Å². The minimum atomic E-state index is -0.589. The molecule has 34 heavy (non-hydrogen) atoms. The first-order valence-electron chi connectivity index (χ1n) is 11.7. The molecule has 1 aromatic carbocycles. The molecule has 1 heterocycles. The molecule has 0 radical (unpaired) electrons. The number of phenols is 1. The summed E-state index contributed by atoms with van der Waals surface area (Å²) in [6, 6.07) is 4.71. The first-order chi connectivity index (χ1) is 16.3. The quantitative estimate of drug-likeness (QED) is 0.420. The molecule has 5 rings (SSSR count). The second kappa shape index (κ2) is 8.08. The molecular formula is C27H27NO6. The fraction of sp³-hybridized carbons (Fsp3) is 0.407. The van der Waals surface area contributed by atoms with Crippen LogP contribution in [0.15, 0.2) is 52.6 Å². The van der Waals surface area contributed by atoms with Gasteiger partial charge in [-0.2, -0.15) is 0 Å². The van der Waals surface area contributed by atoms with Crippen LogP contribution in [0.25, 0.3) is 0 Å². The van der Waals surface area contributed by atoms with Crippen molar-refractivity contribution in [1.82, 2.24) is 4.90 Å². The summed E-state index contributed by atoms with van der Waals surface area (Å²) in [6.45, 7) is 3.94. The van der Waals surface area contributed by atoms with Crippen LogP contribution in [0.1, 0.15) is 44.6 Å². The van der Waals surface area contributed by atoms with E-state index >= 15 is 0 Å². The van der Waals surface area contributed by atoms with E-state index in [0.29, 0.717) is 47.4 Å². The van der Waals surface area contributed by atoms with Gasteiger partial charge in [0, 0.05) is 40.8 Å². The van der Waals surface area contributed by atoms with Crippen LogP contribution in [-0.2, 0) is 19.2 Å². The summed E-state index contributed by atoms with van der Waals surface area (Å²) in [7, 11) is 1.48. The number of rotatable bonds is 4.